The summed E-state index contributed by atoms with van der Waals surface area (Å²) in [4.78, 5) is 9.43. The third kappa shape index (κ3) is 10.1. The second-order valence-corrected chi connectivity index (χ2v) is 28.4. The Morgan fingerprint density at radius 1 is 0.709 bits per heavy atom. The Hall–Kier alpha value is -3.83. The SMILES string of the molecule is CC(C)(C)Cc1cc(-c2[c-]cccc2)nc[c]1[Ge]([CH3])([CH3])[CH3].Cc1cc(C)c(-c2ccc3c(c2)oc2c[c-]c(-c4cc(CC(C)C)c(C)cn4)cc23)c(C)c1.[Ir]. The van der Waals surface area contributed by atoms with Gasteiger partial charge in [-0.1, -0.05) is 60.7 Å². The molecule has 1 radical (unpaired) electrons. The summed E-state index contributed by atoms with van der Waals surface area (Å²) in [5, 5.41) is 2.23. The Morgan fingerprint density at radius 2 is 1.38 bits per heavy atom. The average Bonchev–Trinajstić information content (AvgIpc) is 3.45. The zero-order valence-electron chi connectivity index (χ0n) is 34.8. The Bertz CT molecular complexity index is 2410. The van der Waals surface area contributed by atoms with Crippen LogP contribution in [0.15, 0.2) is 95.7 Å². The van der Waals surface area contributed by atoms with Crippen LogP contribution >= 0.6 is 0 Å². The van der Waals surface area contributed by atoms with Gasteiger partial charge in [-0.2, -0.15) is 0 Å². The summed E-state index contributed by atoms with van der Waals surface area (Å²) in [7, 11) is 0. The van der Waals surface area contributed by atoms with E-state index in [1.165, 1.54) is 48.9 Å². The van der Waals surface area contributed by atoms with Gasteiger partial charge in [0, 0.05) is 31.7 Å². The van der Waals surface area contributed by atoms with E-state index in [4.69, 9.17) is 14.4 Å². The summed E-state index contributed by atoms with van der Waals surface area (Å²) in [6.07, 6.45) is 6.28. The van der Waals surface area contributed by atoms with Crippen LogP contribution in [0.25, 0.3) is 55.6 Å². The molecule has 55 heavy (non-hydrogen) atoms. The van der Waals surface area contributed by atoms with E-state index >= 15 is 0 Å². The van der Waals surface area contributed by atoms with Crippen LogP contribution in [0.4, 0.5) is 0 Å². The molecule has 5 heteroatoms. The van der Waals surface area contributed by atoms with Gasteiger partial charge in [-0.05, 0) is 79.6 Å². The maximum atomic E-state index is 6.25. The molecule has 0 unspecified atom stereocenters. The molecule has 0 aliphatic heterocycles. The molecule has 0 aliphatic rings. The van der Waals surface area contributed by atoms with Crippen molar-refractivity contribution >= 4 is 39.6 Å². The maximum Gasteiger partial charge on any atom is 0.121 e. The van der Waals surface area contributed by atoms with Crippen LogP contribution in [0.3, 0.4) is 0 Å². The third-order valence-electron chi connectivity index (χ3n) is 9.99. The number of aryl methyl sites for hydroxylation is 4. The minimum atomic E-state index is -1.90. The molecule has 0 amide bonds. The molecule has 0 saturated heterocycles. The Morgan fingerprint density at radius 3 is 2.02 bits per heavy atom. The number of hydrogen-bond donors (Lipinski definition) is 0. The standard InChI is InChI=1S/C31H30NO.C19H26GeN.Ir/c1-18(2)11-25-15-28(32-17-22(25)6)23-8-10-29-27(14-23)26-9-7-24(16-30(26)33-29)31-20(4)12-19(3)13-21(31)5;1-19(2,3)13-16-12-18(15-10-8-7-9-11-15)21-14-17(16)20(4,5)6;/h7,9-10,12-18H,11H2,1-6H3;7-10,12,14H,13H2,1-6H3;/q2*-1;. The normalized spacial score (nSPS) is 11.8. The molecule has 0 bridgehead atoms. The summed E-state index contributed by atoms with van der Waals surface area (Å²) in [5.41, 5.74) is 16.6. The molecule has 7 rings (SSSR count). The van der Waals surface area contributed by atoms with Crippen molar-refractivity contribution in [2.75, 3.05) is 0 Å². The first kappa shape index (κ1) is 42.3. The smallest absolute Gasteiger partial charge is 0.121 e. The van der Waals surface area contributed by atoms with Gasteiger partial charge in [0.1, 0.15) is 5.58 Å². The predicted octanol–water partition coefficient (Wildman–Crippen LogP) is 13.2. The Balaban J connectivity index is 0.000000229. The van der Waals surface area contributed by atoms with E-state index in [-0.39, 0.29) is 20.1 Å². The molecule has 7 aromatic rings. The van der Waals surface area contributed by atoms with Crippen molar-refractivity contribution in [3.63, 3.8) is 0 Å². The molecular formula is C50H56GeIrN2O-2. The van der Waals surface area contributed by atoms with E-state index in [0.717, 1.165) is 57.3 Å². The van der Waals surface area contributed by atoms with Crippen LogP contribution < -0.4 is 4.40 Å². The van der Waals surface area contributed by atoms with Crippen LogP contribution in [-0.2, 0) is 32.9 Å². The summed E-state index contributed by atoms with van der Waals surface area (Å²) in [6.45, 7) is 20.1. The first-order chi connectivity index (χ1) is 25.5. The van der Waals surface area contributed by atoms with Gasteiger partial charge < -0.3 is 9.40 Å². The van der Waals surface area contributed by atoms with Gasteiger partial charge in [0.25, 0.3) is 0 Å². The van der Waals surface area contributed by atoms with Crippen molar-refractivity contribution in [3.8, 4) is 33.6 Å². The van der Waals surface area contributed by atoms with Gasteiger partial charge in [0.15, 0.2) is 0 Å². The molecular weight excluding hydrogens is 909 g/mol. The number of benzene rings is 4. The van der Waals surface area contributed by atoms with E-state index in [0.29, 0.717) is 11.3 Å². The van der Waals surface area contributed by atoms with E-state index < -0.39 is 13.3 Å². The van der Waals surface area contributed by atoms with Gasteiger partial charge in [0.05, 0.1) is 5.58 Å². The van der Waals surface area contributed by atoms with Crippen molar-refractivity contribution in [2.45, 2.75) is 92.4 Å². The number of hydrogen-bond acceptors (Lipinski definition) is 3. The number of fused-ring (bicyclic) bond motifs is 3. The summed E-state index contributed by atoms with van der Waals surface area (Å²) in [5.74, 6) is 7.94. The number of rotatable bonds is 7. The average molecular weight is 966 g/mol. The Kier molecular flexibility index (Phi) is 13.2. The molecule has 287 valence electrons. The van der Waals surface area contributed by atoms with Crippen LogP contribution in [-0.4, -0.2) is 23.2 Å². The van der Waals surface area contributed by atoms with Crippen molar-refractivity contribution in [2.24, 2.45) is 11.3 Å². The largest absolute Gasteiger partial charge is 0.500 e. The van der Waals surface area contributed by atoms with Gasteiger partial charge in [-0.15, -0.1) is 23.8 Å². The minimum absolute atomic E-state index is 0. The van der Waals surface area contributed by atoms with Gasteiger partial charge in [-0.3, -0.25) is 0 Å². The second-order valence-electron chi connectivity index (χ2n) is 17.8. The molecule has 0 atom stereocenters. The van der Waals surface area contributed by atoms with Crippen LogP contribution in [0.2, 0.25) is 17.3 Å². The molecule has 0 fully saturated rings. The van der Waals surface area contributed by atoms with E-state index in [2.05, 4.69) is 153 Å². The summed E-state index contributed by atoms with van der Waals surface area (Å²) < 4.78 is 7.78. The van der Waals surface area contributed by atoms with Crippen LogP contribution in [0.5, 0.6) is 0 Å². The molecule has 3 nitrogen and oxygen atoms in total. The summed E-state index contributed by atoms with van der Waals surface area (Å²) in [6, 6.07) is 34.5. The van der Waals surface area contributed by atoms with E-state index in [1.807, 2.05) is 30.5 Å². The van der Waals surface area contributed by atoms with Crippen molar-refractivity contribution in [1.82, 2.24) is 9.97 Å². The number of aromatic nitrogens is 2. The third-order valence-corrected chi connectivity index (χ3v) is 14.3. The van der Waals surface area contributed by atoms with E-state index in [9.17, 15) is 0 Å². The fourth-order valence-electron chi connectivity index (χ4n) is 7.62. The molecule has 3 heterocycles. The number of nitrogens with zero attached hydrogens (tertiary/aromatic N) is 2. The summed E-state index contributed by atoms with van der Waals surface area (Å²) >= 11 is -1.90. The van der Waals surface area contributed by atoms with Gasteiger partial charge >= 0.3 is 132 Å². The zero-order valence-corrected chi connectivity index (χ0v) is 39.3. The monoisotopic (exact) mass is 967 g/mol. The number of pyridine rings is 2. The molecule has 3 aromatic heterocycles. The van der Waals surface area contributed by atoms with Crippen LogP contribution in [0.1, 0.15) is 68.0 Å². The second kappa shape index (κ2) is 17.1. The van der Waals surface area contributed by atoms with Crippen molar-refractivity contribution in [3.05, 3.63) is 137 Å². The van der Waals surface area contributed by atoms with E-state index in [1.54, 1.807) is 0 Å². The predicted molar refractivity (Wildman–Crippen MR) is 233 cm³/mol. The quantitative estimate of drug-likeness (QED) is 0.118. The fourth-order valence-corrected chi connectivity index (χ4v) is 10.9. The first-order valence-corrected chi connectivity index (χ1v) is 26.7. The first-order valence-electron chi connectivity index (χ1n) is 19.4. The van der Waals surface area contributed by atoms with Crippen molar-refractivity contribution < 1.29 is 24.5 Å². The van der Waals surface area contributed by atoms with Crippen LogP contribution in [0, 0.1) is 51.2 Å². The van der Waals surface area contributed by atoms with Gasteiger partial charge in [0.2, 0.25) is 0 Å². The topological polar surface area (TPSA) is 38.9 Å². The molecule has 0 aliphatic carbocycles. The molecule has 0 saturated carbocycles. The fraction of sp³-hybridized carbons (Fsp3) is 0.320. The van der Waals surface area contributed by atoms with Gasteiger partial charge in [-0.25, -0.2) is 0 Å². The Labute approximate surface area is 346 Å². The number of furan rings is 1. The minimum Gasteiger partial charge on any atom is -0.500 e. The molecule has 4 aromatic carbocycles. The molecule has 0 N–H and O–H groups in total. The maximum absolute atomic E-state index is 6.25. The zero-order chi connectivity index (χ0) is 38.9. The molecule has 0 spiro atoms. The van der Waals surface area contributed by atoms with Crippen molar-refractivity contribution in [1.29, 1.82) is 0 Å².